The topological polar surface area (TPSA) is 98.0 Å². The lowest BCUT2D eigenvalue weighted by molar-refractivity contribution is 0.271. The van der Waals surface area contributed by atoms with Crippen molar-refractivity contribution in [3.63, 3.8) is 0 Å². The third kappa shape index (κ3) is 3.87. The normalized spacial score (nSPS) is 12.4. The molecule has 1 rings (SSSR count). The van der Waals surface area contributed by atoms with Gasteiger partial charge >= 0.3 is 0 Å². The smallest absolute Gasteiger partial charge is 0.259 e. The number of sulfonamides is 1. The van der Waals surface area contributed by atoms with Crippen LogP contribution < -0.4 is 10.5 Å². The SMILES string of the molecule is CCC(CC)(CC)CNc1nccnc1S(N)(=O)=O. The number of rotatable bonds is 7. The maximum atomic E-state index is 11.4. The van der Waals surface area contributed by atoms with Gasteiger partial charge in [-0.3, -0.25) is 0 Å². The highest BCUT2D eigenvalue weighted by Crippen LogP contribution is 2.30. The summed E-state index contributed by atoms with van der Waals surface area (Å²) in [7, 11) is -3.86. The number of hydrogen-bond donors (Lipinski definition) is 2. The molecule has 1 heterocycles. The summed E-state index contributed by atoms with van der Waals surface area (Å²) in [6.45, 7) is 7.04. The molecule has 0 atom stereocenters. The predicted molar refractivity (Wildman–Crippen MR) is 75.2 cm³/mol. The Labute approximate surface area is 114 Å². The molecule has 7 heteroatoms. The minimum atomic E-state index is -3.86. The van der Waals surface area contributed by atoms with Crippen molar-refractivity contribution in [1.29, 1.82) is 0 Å². The summed E-state index contributed by atoms with van der Waals surface area (Å²) in [5.41, 5.74) is 0.132. The first-order valence-corrected chi connectivity index (χ1v) is 8.01. The van der Waals surface area contributed by atoms with Crippen molar-refractivity contribution >= 4 is 15.8 Å². The average molecular weight is 286 g/mol. The van der Waals surface area contributed by atoms with Crippen LogP contribution in [0.15, 0.2) is 17.4 Å². The van der Waals surface area contributed by atoms with Crippen molar-refractivity contribution in [2.24, 2.45) is 10.6 Å². The highest BCUT2D eigenvalue weighted by Gasteiger charge is 2.25. The van der Waals surface area contributed by atoms with Gasteiger partial charge in [0, 0.05) is 18.9 Å². The maximum absolute atomic E-state index is 11.4. The van der Waals surface area contributed by atoms with Crippen molar-refractivity contribution in [1.82, 2.24) is 9.97 Å². The second-order valence-electron chi connectivity index (χ2n) is 4.67. The van der Waals surface area contributed by atoms with Gasteiger partial charge in [0.25, 0.3) is 10.0 Å². The van der Waals surface area contributed by atoms with Gasteiger partial charge in [0.15, 0.2) is 5.82 Å². The molecule has 0 unspecified atom stereocenters. The average Bonchev–Trinajstić information content (AvgIpc) is 2.40. The Hall–Kier alpha value is -1.21. The van der Waals surface area contributed by atoms with Crippen molar-refractivity contribution in [2.75, 3.05) is 11.9 Å². The summed E-state index contributed by atoms with van der Waals surface area (Å²) in [5.74, 6) is 0.227. The van der Waals surface area contributed by atoms with Gasteiger partial charge in [-0.05, 0) is 24.7 Å². The van der Waals surface area contributed by atoms with Crippen LogP contribution in [0.25, 0.3) is 0 Å². The van der Waals surface area contributed by atoms with E-state index in [9.17, 15) is 8.42 Å². The highest BCUT2D eigenvalue weighted by molar-refractivity contribution is 7.89. The zero-order valence-corrected chi connectivity index (χ0v) is 12.5. The Balaban J connectivity index is 2.96. The number of hydrogen-bond acceptors (Lipinski definition) is 5. The summed E-state index contributed by atoms with van der Waals surface area (Å²) >= 11 is 0. The van der Waals surface area contributed by atoms with E-state index >= 15 is 0 Å². The third-order valence-corrected chi connectivity index (χ3v) is 4.65. The van der Waals surface area contributed by atoms with Crippen LogP contribution in [0.3, 0.4) is 0 Å². The van der Waals surface area contributed by atoms with Crippen LogP contribution in [0, 0.1) is 5.41 Å². The molecule has 0 amide bonds. The lowest BCUT2D eigenvalue weighted by Crippen LogP contribution is -2.29. The van der Waals surface area contributed by atoms with Crippen molar-refractivity contribution in [2.45, 2.75) is 45.1 Å². The number of aromatic nitrogens is 2. The van der Waals surface area contributed by atoms with Gasteiger partial charge in [-0.25, -0.2) is 23.5 Å². The number of nitrogens with one attached hydrogen (secondary N) is 1. The minimum absolute atomic E-state index is 0.132. The molecule has 0 spiro atoms. The molecular formula is C12H22N4O2S. The van der Waals surface area contributed by atoms with E-state index in [2.05, 4.69) is 36.1 Å². The van der Waals surface area contributed by atoms with Gasteiger partial charge < -0.3 is 5.32 Å². The van der Waals surface area contributed by atoms with Gasteiger partial charge in [0.2, 0.25) is 5.03 Å². The second-order valence-corrected chi connectivity index (χ2v) is 6.15. The van der Waals surface area contributed by atoms with E-state index in [1.54, 1.807) is 0 Å². The van der Waals surface area contributed by atoms with E-state index in [0.29, 0.717) is 6.54 Å². The predicted octanol–water partition coefficient (Wildman–Crippen LogP) is 1.75. The molecule has 3 N–H and O–H groups in total. The molecule has 6 nitrogen and oxygen atoms in total. The van der Waals surface area contributed by atoms with Crippen molar-refractivity contribution < 1.29 is 8.42 Å². The molecule has 0 radical (unpaired) electrons. The number of nitrogens with two attached hydrogens (primary N) is 1. The van der Waals surface area contributed by atoms with Crippen molar-refractivity contribution in [3.05, 3.63) is 12.4 Å². The molecule has 0 saturated heterocycles. The van der Waals surface area contributed by atoms with Crippen LogP contribution in [0.1, 0.15) is 40.0 Å². The lowest BCUT2D eigenvalue weighted by Gasteiger charge is -2.30. The minimum Gasteiger partial charge on any atom is -0.367 e. The Morgan fingerprint density at radius 3 is 2.16 bits per heavy atom. The van der Waals surface area contributed by atoms with Crippen LogP contribution in [-0.2, 0) is 10.0 Å². The fourth-order valence-electron chi connectivity index (χ4n) is 2.05. The standard InChI is InChI=1S/C12H22N4O2S/c1-4-12(5-2,6-3)9-16-10-11(19(13,17)18)15-8-7-14-10/h7-8H,4-6,9H2,1-3H3,(H,14,16)(H2,13,17,18). The lowest BCUT2D eigenvalue weighted by atomic mass is 9.80. The quantitative estimate of drug-likeness (QED) is 0.795. The Kier molecular flexibility index (Phi) is 5.25. The summed E-state index contributed by atoms with van der Waals surface area (Å²) in [5, 5.41) is 8.00. The van der Waals surface area contributed by atoms with Gasteiger partial charge in [-0.2, -0.15) is 0 Å². The van der Waals surface area contributed by atoms with E-state index in [1.165, 1.54) is 12.4 Å². The molecule has 0 bridgehead atoms. The van der Waals surface area contributed by atoms with Gasteiger partial charge in [0.1, 0.15) is 0 Å². The van der Waals surface area contributed by atoms with Crippen LogP contribution in [-0.4, -0.2) is 24.9 Å². The zero-order valence-electron chi connectivity index (χ0n) is 11.7. The number of nitrogens with zero attached hydrogens (tertiary/aromatic N) is 2. The molecule has 0 aliphatic rings. The molecular weight excluding hydrogens is 264 g/mol. The van der Waals surface area contributed by atoms with E-state index in [0.717, 1.165) is 19.3 Å². The van der Waals surface area contributed by atoms with Crippen LogP contribution in [0.5, 0.6) is 0 Å². The zero-order chi connectivity index (χ0) is 14.5. The van der Waals surface area contributed by atoms with E-state index in [1.807, 2.05) is 0 Å². The molecule has 0 fully saturated rings. The summed E-state index contributed by atoms with van der Waals surface area (Å²) in [6, 6.07) is 0. The summed E-state index contributed by atoms with van der Waals surface area (Å²) in [6.07, 6.45) is 5.80. The highest BCUT2D eigenvalue weighted by atomic mass is 32.2. The Morgan fingerprint density at radius 2 is 1.68 bits per heavy atom. The van der Waals surface area contributed by atoms with Crippen LogP contribution >= 0.6 is 0 Å². The van der Waals surface area contributed by atoms with E-state index < -0.39 is 10.0 Å². The second kappa shape index (κ2) is 6.29. The first-order valence-electron chi connectivity index (χ1n) is 6.46. The molecule has 1 aromatic rings. The molecule has 0 aliphatic carbocycles. The van der Waals surface area contributed by atoms with Gasteiger partial charge in [-0.15, -0.1) is 0 Å². The van der Waals surface area contributed by atoms with Crippen LogP contribution in [0.2, 0.25) is 0 Å². The fraction of sp³-hybridized carbons (Fsp3) is 0.667. The monoisotopic (exact) mass is 286 g/mol. The van der Waals surface area contributed by atoms with Crippen LogP contribution in [0.4, 0.5) is 5.82 Å². The maximum Gasteiger partial charge on any atom is 0.259 e. The Bertz CT molecular complexity index is 504. The van der Waals surface area contributed by atoms with E-state index in [4.69, 9.17) is 5.14 Å². The van der Waals surface area contributed by atoms with Gasteiger partial charge in [0.05, 0.1) is 0 Å². The third-order valence-electron chi connectivity index (χ3n) is 3.82. The van der Waals surface area contributed by atoms with Crippen molar-refractivity contribution in [3.8, 4) is 0 Å². The largest absolute Gasteiger partial charge is 0.367 e. The first kappa shape index (κ1) is 15.8. The molecule has 0 aliphatic heterocycles. The van der Waals surface area contributed by atoms with E-state index in [-0.39, 0.29) is 16.3 Å². The summed E-state index contributed by atoms with van der Waals surface area (Å²) in [4.78, 5) is 7.81. The molecule has 108 valence electrons. The van der Waals surface area contributed by atoms with Gasteiger partial charge in [-0.1, -0.05) is 20.8 Å². The molecule has 19 heavy (non-hydrogen) atoms. The summed E-state index contributed by atoms with van der Waals surface area (Å²) < 4.78 is 22.8. The first-order chi connectivity index (χ1) is 8.88. The number of anilines is 1. The molecule has 0 aromatic carbocycles. The molecule has 0 saturated carbocycles. The fourth-order valence-corrected chi connectivity index (χ4v) is 2.65. The molecule has 1 aromatic heterocycles. The number of primary sulfonamides is 1. The Morgan fingerprint density at radius 1 is 1.16 bits per heavy atom.